The fourth-order valence-electron chi connectivity index (χ4n) is 0.397. The van der Waals surface area contributed by atoms with Gasteiger partial charge in [-0.25, -0.2) is 4.79 Å². The van der Waals surface area contributed by atoms with Crippen LogP contribution in [0.5, 0.6) is 0 Å². The Kier molecular flexibility index (Phi) is 6.42. The number of aliphatic hydroxyl groups is 1. The van der Waals surface area contributed by atoms with Gasteiger partial charge in [0.1, 0.15) is 0 Å². The second kappa shape index (κ2) is 6.70. The van der Waals surface area contributed by atoms with Gasteiger partial charge in [-0.05, 0) is 0 Å². The highest BCUT2D eigenvalue weighted by Gasteiger charge is 1.91. The largest absolute Gasteiger partial charge is 0.465 e. The predicted molar refractivity (Wildman–Crippen MR) is 40.4 cm³/mol. The zero-order valence-electron chi connectivity index (χ0n) is 5.54. The summed E-state index contributed by atoms with van der Waals surface area (Å²) >= 11 is 1.52. The monoisotopic (exact) mass is 165 g/mol. The van der Waals surface area contributed by atoms with Gasteiger partial charge in [-0.1, -0.05) is 0 Å². The van der Waals surface area contributed by atoms with Crippen LogP contribution in [-0.2, 0) is 0 Å². The molecule has 10 heavy (non-hydrogen) atoms. The Labute approximate surface area is 63.6 Å². The van der Waals surface area contributed by atoms with E-state index in [2.05, 4.69) is 5.32 Å². The van der Waals surface area contributed by atoms with Crippen LogP contribution in [0.3, 0.4) is 0 Å². The second-order valence-corrected chi connectivity index (χ2v) is 2.79. The molecule has 0 radical (unpaired) electrons. The van der Waals surface area contributed by atoms with Gasteiger partial charge >= 0.3 is 6.09 Å². The smallest absolute Gasteiger partial charge is 0.404 e. The van der Waals surface area contributed by atoms with Gasteiger partial charge in [-0.3, -0.25) is 0 Å². The minimum atomic E-state index is -0.996. The predicted octanol–water partition coefficient (Wildman–Crippen LogP) is -0.0205. The third-order valence-electron chi connectivity index (χ3n) is 0.758. The molecule has 0 fully saturated rings. The van der Waals surface area contributed by atoms with E-state index >= 15 is 0 Å². The summed E-state index contributed by atoms with van der Waals surface area (Å²) in [4.78, 5) is 9.86. The van der Waals surface area contributed by atoms with Gasteiger partial charge in [-0.15, -0.1) is 0 Å². The highest BCUT2D eigenvalue weighted by molar-refractivity contribution is 7.99. The van der Waals surface area contributed by atoms with Gasteiger partial charge < -0.3 is 15.5 Å². The Bertz CT molecular complexity index is 98.9. The fourth-order valence-corrected chi connectivity index (χ4v) is 0.976. The number of carboxylic acid groups (broad SMARTS) is 1. The molecule has 0 heterocycles. The highest BCUT2D eigenvalue weighted by atomic mass is 32.2. The van der Waals surface area contributed by atoms with Crippen molar-refractivity contribution in [3.63, 3.8) is 0 Å². The van der Waals surface area contributed by atoms with Gasteiger partial charge in [0, 0.05) is 18.1 Å². The van der Waals surface area contributed by atoms with E-state index in [4.69, 9.17) is 10.2 Å². The first-order valence-corrected chi connectivity index (χ1v) is 4.08. The first kappa shape index (κ1) is 9.58. The van der Waals surface area contributed by atoms with E-state index in [1.165, 1.54) is 11.8 Å². The fraction of sp³-hybridized carbons (Fsp3) is 0.800. The van der Waals surface area contributed by atoms with Crippen molar-refractivity contribution < 1.29 is 15.0 Å². The van der Waals surface area contributed by atoms with Gasteiger partial charge in [0.05, 0.1) is 6.61 Å². The lowest BCUT2D eigenvalue weighted by Gasteiger charge is -1.98. The Balaban J connectivity index is 2.84. The number of nitrogens with one attached hydrogen (secondary N) is 1. The van der Waals surface area contributed by atoms with E-state index < -0.39 is 6.09 Å². The molecule has 0 aliphatic heterocycles. The minimum Gasteiger partial charge on any atom is -0.465 e. The van der Waals surface area contributed by atoms with Gasteiger partial charge in [-0.2, -0.15) is 11.8 Å². The van der Waals surface area contributed by atoms with E-state index in [1.807, 2.05) is 0 Å². The highest BCUT2D eigenvalue weighted by Crippen LogP contribution is 1.95. The van der Waals surface area contributed by atoms with Crippen LogP contribution in [-0.4, -0.2) is 41.0 Å². The zero-order valence-corrected chi connectivity index (χ0v) is 6.36. The van der Waals surface area contributed by atoms with Crippen molar-refractivity contribution in [2.45, 2.75) is 0 Å². The molecule has 3 N–H and O–H groups in total. The summed E-state index contributed by atoms with van der Waals surface area (Å²) < 4.78 is 0. The Morgan fingerprint density at radius 1 is 1.50 bits per heavy atom. The molecule has 1 amide bonds. The van der Waals surface area contributed by atoms with Crippen LogP contribution in [0.15, 0.2) is 0 Å². The maximum atomic E-state index is 9.86. The molecule has 0 aliphatic carbocycles. The first-order valence-electron chi connectivity index (χ1n) is 2.92. The zero-order chi connectivity index (χ0) is 7.82. The number of rotatable bonds is 5. The molecule has 0 bridgehead atoms. The molecule has 0 spiro atoms. The van der Waals surface area contributed by atoms with E-state index in [0.717, 1.165) is 0 Å². The van der Waals surface area contributed by atoms with Crippen LogP contribution < -0.4 is 5.32 Å². The molecular weight excluding hydrogens is 154 g/mol. The Morgan fingerprint density at radius 3 is 2.70 bits per heavy atom. The van der Waals surface area contributed by atoms with Crippen molar-refractivity contribution in [2.75, 3.05) is 24.7 Å². The molecule has 0 saturated heterocycles. The van der Waals surface area contributed by atoms with Crippen molar-refractivity contribution in [3.8, 4) is 0 Å². The van der Waals surface area contributed by atoms with Crippen molar-refractivity contribution in [1.29, 1.82) is 0 Å². The molecule has 5 heteroatoms. The molecule has 0 atom stereocenters. The summed E-state index contributed by atoms with van der Waals surface area (Å²) in [5.41, 5.74) is 0. The number of hydrogen-bond donors (Lipinski definition) is 3. The lowest BCUT2D eigenvalue weighted by Crippen LogP contribution is -2.23. The average Bonchev–Trinajstić information content (AvgIpc) is 1.87. The van der Waals surface area contributed by atoms with Gasteiger partial charge in [0.15, 0.2) is 0 Å². The molecule has 0 aromatic heterocycles. The lowest BCUT2D eigenvalue weighted by molar-refractivity contribution is 0.195. The summed E-state index contributed by atoms with van der Waals surface area (Å²) in [6.07, 6.45) is -0.996. The molecule has 0 unspecified atom stereocenters. The molecule has 0 rings (SSSR count). The van der Waals surface area contributed by atoms with Crippen LogP contribution in [0.1, 0.15) is 0 Å². The molecular formula is C5H11NO3S. The maximum absolute atomic E-state index is 9.86. The van der Waals surface area contributed by atoms with Crippen LogP contribution >= 0.6 is 11.8 Å². The summed E-state index contributed by atoms with van der Waals surface area (Å²) in [6.45, 7) is 0.595. The standard InChI is InChI=1S/C5H11NO3S/c7-2-4-10-3-1-6-5(8)9/h6-7H,1-4H2,(H,8,9). The van der Waals surface area contributed by atoms with Crippen molar-refractivity contribution >= 4 is 17.9 Å². The van der Waals surface area contributed by atoms with Crippen LogP contribution in [0.2, 0.25) is 0 Å². The number of hydrogen-bond acceptors (Lipinski definition) is 3. The Morgan fingerprint density at radius 2 is 2.20 bits per heavy atom. The molecule has 0 aromatic carbocycles. The normalized spacial score (nSPS) is 9.30. The maximum Gasteiger partial charge on any atom is 0.404 e. The number of amides is 1. The number of aliphatic hydroxyl groups excluding tert-OH is 1. The van der Waals surface area contributed by atoms with E-state index in [-0.39, 0.29) is 6.61 Å². The molecule has 0 saturated carbocycles. The topological polar surface area (TPSA) is 69.6 Å². The van der Waals surface area contributed by atoms with E-state index in [0.29, 0.717) is 18.1 Å². The molecule has 0 aromatic rings. The van der Waals surface area contributed by atoms with E-state index in [9.17, 15) is 4.79 Å². The van der Waals surface area contributed by atoms with Crippen LogP contribution in [0.25, 0.3) is 0 Å². The molecule has 60 valence electrons. The summed E-state index contributed by atoms with van der Waals surface area (Å²) in [6, 6.07) is 0. The quantitative estimate of drug-likeness (QED) is 0.501. The lowest BCUT2D eigenvalue weighted by atomic mass is 10.7. The van der Waals surface area contributed by atoms with Crippen LogP contribution in [0.4, 0.5) is 4.79 Å². The summed E-state index contributed by atoms with van der Waals surface area (Å²) in [5, 5.41) is 18.6. The summed E-state index contributed by atoms with van der Waals surface area (Å²) in [5.74, 6) is 1.38. The van der Waals surface area contributed by atoms with Crippen molar-refractivity contribution in [2.24, 2.45) is 0 Å². The number of carbonyl (C=O) groups is 1. The van der Waals surface area contributed by atoms with Crippen LogP contribution in [0, 0.1) is 0 Å². The minimum absolute atomic E-state index is 0.151. The second-order valence-electron chi connectivity index (χ2n) is 1.57. The Hall–Kier alpha value is -0.420. The first-order chi connectivity index (χ1) is 4.77. The SMILES string of the molecule is O=C(O)NCCSCCO. The average molecular weight is 165 g/mol. The third-order valence-corrected chi connectivity index (χ3v) is 1.72. The van der Waals surface area contributed by atoms with Gasteiger partial charge in [0.2, 0.25) is 0 Å². The van der Waals surface area contributed by atoms with E-state index in [1.54, 1.807) is 0 Å². The number of thioether (sulfide) groups is 1. The van der Waals surface area contributed by atoms with Crippen molar-refractivity contribution in [1.82, 2.24) is 5.32 Å². The molecule has 0 aliphatic rings. The van der Waals surface area contributed by atoms with Gasteiger partial charge in [0.25, 0.3) is 0 Å². The summed E-state index contributed by atoms with van der Waals surface area (Å²) in [7, 11) is 0. The van der Waals surface area contributed by atoms with Crippen molar-refractivity contribution in [3.05, 3.63) is 0 Å². The third kappa shape index (κ3) is 7.58. The molecule has 4 nitrogen and oxygen atoms in total.